The van der Waals surface area contributed by atoms with E-state index in [1.54, 1.807) is 0 Å². The van der Waals surface area contributed by atoms with Gasteiger partial charge < -0.3 is 19.9 Å². The molecule has 1 saturated heterocycles. The molecule has 0 aromatic carbocycles. The van der Waals surface area contributed by atoms with Crippen LogP contribution in [0.15, 0.2) is 0 Å². The highest BCUT2D eigenvalue weighted by molar-refractivity contribution is 5.75. The number of ether oxygens (including phenoxy) is 3. The molecule has 16 heavy (non-hydrogen) atoms. The lowest BCUT2D eigenvalue weighted by Crippen LogP contribution is -2.31. The van der Waals surface area contributed by atoms with Gasteiger partial charge in [-0.3, -0.25) is 4.79 Å². The minimum absolute atomic E-state index is 0.0192. The Morgan fingerprint density at radius 2 is 2.06 bits per heavy atom. The maximum Gasteiger partial charge on any atom is 0.322 e. The van der Waals surface area contributed by atoms with Gasteiger partial charge in [0, 0.05) is 0 Å². The summed E-state index contributed by atoms with van der Waals surface area (Å²) in [6.45, 7) is 1.41. The number of rotatable bonds is 7. The minimum Gasteiger partial charge on any atom is -0.468 e. The summed E-state index contributed by atoms with van der Waals surface area (Å²) in [5.41, 5.74) is 5.61. The molecule has 0 aromatic heterocycles. The van der Waals surface area contributed by atoms with Crippen molar-refractivity contribution in [2.75, 3.05) is 20.3 Å². The molecule has 2 N–H and O–H groups in total. The van der Waals surface area contributed by atoms with E-state index in [-0.39, 0.29) is 12.3 Å². The van der Waals surface area contributed by atoms with E-state index < -0.39 is 6.04 Å². The number of carbonyl (C=O) groups excluding carboxylic acids is 1. The summed E-state index contributed by atoms with van der Waals surface area (Å²) in [5, 5.41) is 0. The lowest BCUT2D eigenvalue weighted by molar-refractivity contribution is -0.142. The number of carbonyl (C=O) groups is 1. The van der Waals surface area contributed by atoms with Crippen LogP contribution in [0.5, 0.6) is 0 Å². The highest BCUT2D eigenvalue weighted by Crippen LogP contribution is 2.13. The average molecular weight is 231 g/mol. The molecule has 0 bridgehead atoms. The molecule has 0 amide bonds. The Bertz CT molecular complexity index is 204. The van der Waals surface area contributed by atoms with Crippen molar-refractivity contribution in [1.29, 1.82) is 0 Å². The predicted octanol–water partition coefficient (Wildman–Crippen LogP) is 0.810. The normalized spacial score (nSPS) is 18.6. The van der Waals surface area contributed by atoms with Gasteiger partial charge in [0.2, 0.25) is 0 Å². The molecule has 1 aliphatic rings. The fraction of sp³-hybridized carbons (Fsp3) is 0.909. The van der Waals surface area contributed by atoms with Crippen LogP contribution in [0, 0.1) is 0 Å². The first-order valence-electron chi connectivity index (χ1n) is 5.80. The van der Waals surface area contributed by atoms with Gasteiger partial charge in [-0.05, 0) is 19.3 Å². The molecule has 94 valence electrons. The molecule has 0 spiro atoms. The van der Waals surface area contributed by atoms with Gasteiger partial charge >= 0.3 is 5.97 Å². The number of esters is 1. The second-order valence-corrected chi connectivity index (χ2v) is 3.94. The van der Waals surface area contributed by atoms with Crippen LogP contribution in [0.4, 0.5) is 0 Å². The van der Waals surface area contributed by atoms with Crippen LogP contribution >= 0.6 is 0 Å². The van der Waals surface area contributed by atoms with E-state index in [2.05, 4.69) is 4.74 Å². The van der Waals surface area contributed by atoms with E-state index in [4.69, 9.17) is 15.2 Å². The first kappa shape index (κ1) is 13.4. The maximum absolute atomic E-state index is 11.0. The molecule has 1 fully saturated rings. The van der Waals surface area contributed by atoms with Crippen LogP contribution in [-0.4, -0.2) is 38.6 Å². The Balaban J connectivity index is 1.92. The van der Waals surface area contributed by atoms with Gasteiger partial charge in [-0.25, -0.2) is 0 Å². The summed E-state index contributed by atoms with van der Waals surface area (Å²) in [4.78, 5) is 11.0. The van der Waals surface area contributed by atoms with E-state index in [9.17, 15) is 4.79 Å². The summed E-state index contributed by atoms with van der Waals surface area (Å²) >= 11 is 0. The standard InChI is InChI=1S/C11H21NO4/c1-14-11(13)9(12)5-3-2-4-6-10-15-7-8-16-10/h9-10H,2-8,12H2,1H3. The van der Waals surface area contributed by atoms with Crippen molar-refractivity contribution in [3.05, 3.63) is 0 Å². The molecule has 0 aromatic rings. The number of hydrogen-bond acceptors (Lipinski definition) is 5. The largest absolute Gasteiger partial charge is 0.468 e. The van der Waals surface area contributed by atoms with Crippen molar-refractivity contribution in [3.8, 4) is 0 Å². The Labute approximate surface area is 96.2 Å². The lowest BCUT2D eigenvalue weighted by Gasteiger charge is -2.10. The first-order valence-corrected chi connectivity index (χ1v) is 5.80. The van der Waals surface area contributed by atoms with Crippen molar-refractivity contribution < 1.29 is 19.0 Å². The predicted molar refractivity (Wildman–Crippen MR) is 58.8 cm³/mol. The Kier molecular flexibility index (Phi) is 6.37. The molecule has 1 rings (SSSR count). The van der Waals surface area contributed by atoms with Crippen molar-refractivity contribution in [1.82, 2.24) is 0 Å². The highest BCUT2D eigenvalue weighted by Gasteiger charge is 2.15. The maximum atomic E-state index is 11.0. The summed E-state index contributed by atoms with van der Waals surface area (Å²) in [7, 11) is 1.36. The molecule has 1 unspecified atom stereocenters. The molecule has 0 saturated carbocycles. The van der Waals surface area contributed by atoms with Crippen LogP contribution in [0.1, 0.15) is 32.1 Å². The number of nitrogens with two attached hydrogens (primary N) is 1. The second-order valence-electron chi connectivity index (χ2n) is 3.94. The highest BCUT2D eigenvalue weighted by atomic mass is 16.7. The van der Waals surface area contributed by atoms with Gasteiger partial charge in [-0.2, -0.15) is 0 Å². The zero-order valence-electron chi connectivity index (χ0n) is 9.81. The van der Waals surface area contributed by atoms with Gasteiger partial charge in [0.1, 0.15) is 6.04 Å². The van der Waals surface area contributed by atoms with Crippen molar-refractivity contribution >= 4 is 5.97 Å². The second kappa shape index (κ2) is 7.60. The molecule has 5 heteroatoms. The molecule has 0 aliphatic carbocycles. The fourth-order valence-electron chi connectivity index (χ4n) is 1.70. The summed E-state index contributed by atoms with van der Waals surface area (Å²) in [6, 6.07) is -0.482. The molecule has 1 atom stereocenters. The van der Waals surface area contributed by atoms with Crippen LogP contribution in [0.3, 0.4) is 0 Å². The molecular weight excluding hydrogens is 210 g/mol. The van der Waals surface area contributed by atoms with Crippen LogP contribution in [-0.2, 0) is 19.0 Å². The van der Waals surface area contributed by atoms with Gasteiger partial charge in [0.15, 0.2) is 6.29 Å². The van der Waals surface area contributed by atoms with Crippen LogP contribution < -0.4 is 5.73 Å². The smallest absolute Gasteiger partial charge is 0.322 e. The van der Waals surface area contributed by atoms with Gasteiger partial charge in [0.05, 0.1) is 20.3 Å². The van der Waals surface area contributed by atoms with E-state index in [0.717, 1.165) is 25.7 Å². The third-order valence-corrected chi connectivity index (χ3v) is 2.65. The average Bonchev–Trinajstić information content (AvgIpc) is 2.80. The van der Waals surface area contributed by atoms with E-state index >= 15 is 0 Å². The summed E-state index contributed by atoms with van der Waals surface area (Å²) in [5.74, 6) is -0.331. The quantitative estimate of drug-likeness (QED) is 0.518. The molecular formula is C11H21NO4. The van der Waals surface area contributed by atoms with E-state index in [0.29, 0.717) is 19.6 Å². The third-order valence-electron chi connectivity index (χ3n) is 2.65. The minimum atomic E-state index is -0.482. The Morgan fingerprint density at radius 3 is 2.69 bits per heavy atom. The fourth-order valence-corrected chi connectivity index (χ4v) is 1.70. The molecule has 1 heterocycles. The Hall–Kier alpha value is -0.650. The number of hydrogen-bond donors (Lipinski definition) is 1. The van der Waals surface area contributed by atoms with Gasteiger partial charge in [-0.1, -0.05) is 12.8 Å². The SMILES string of the molecule is COC(=O)C(N)CCCCCC1OCCO1. The lowest BCUT2D eigenvalue weighted by atomic mass is 10.1. The summed E-state index contributed by atoms with van der Waals surface area (Å²) in [6.07, 6.45) is 4.59. The number of unbranched alkanes of at least 4 members (excludes halogenated alkanes) is 2. The Morgan fingerprint density at radius 1 is 1.38 bits per heavy atom. The third kappa shape index (κ3) is 4.92. The van der Waals surface area contributed by atoms with Crippen molar-refractivity contribution in [2.45, 2.75) is 44.4 Å². The van der Waals surface area contributed by atoms with Gasteiger partial charge in [-0.15, -0.1) is 0 Å². The van der Waals surface area contributed by atoms with E-state index in [1.807, 2.05) is 0 Å². The van der Waals surface area contributed by atoms with Crippen molar-refractivity contribution in [2.24, 2.45) is 5.73 Å². The first-order chi connectivity index (χ1) is 7.74. The molecule has 0 radical (unpaired) electrons. The van der Waals surface area contributed by atoms with Crippen LogP contribution in [0.2, 0.25) is 0 Å². The van der Waals surface area contributed by atoms with E-state index in [1.165, 1.54) is 7.11 Å². The van der Waals surface area contributed by atoms with Crippen LogP contribution in [0.25, 0.3) is 0 Å². The zero-order valence-corrected chi connectivity index (χ0v) is 9.81. The molecule has 1 aliphatic heterocycles. The van der Waals surface area contributed by atoms with Gasteiger partial charge in [0.25, 0.3) is 0 Å². The number of methoxy groups -OCH3 is 1. The van der Waals surface area contributed by atoms with Crippen molar-refractivity contribution in [3.63, 3.8) is 0 Å². The topological polar surface area (TPSA) is 70.8 Å². The zero-order chi connectivity index (χ0) is 11.8. The monoisotopic (exact) mass is 231 g/mol. The molecule has 5 nitrogen and oxygen atoms in total. The summed E-state index contributed by atoms with van der Waals surface area (Å²) < 4.78 is 15.2.